The van der Waals surface area contributed by atoms with Gasteiger partial charge in [-0.25, -0.2) is 44.7 Å². The van der Waals surface area contributed by atoms with E-state index < -0.39 is 5.97 Å². The molecule has 10 heterocycles. The number of thiophene rings is 2. The van der Waals surface area contributed by atoms with Crippen LogP contribution in [0.1, 0.15) is 71.6 Å². The molecule has 0 bridgehead atoms. The number of hydrogen-bond donors (Lipinski definition) is 2. The van der Waals surface area contributed by atoms with Crippen LogP contribution < -0.4 is 14.8 Å². The highest BCUT2D eigenvalue weighted by atomic mass is 32.1. The third kappa shape index (κ3) is 10.2. The van der Waals surface area contributed by atoms with Gasteiger partial charge in [0, 0.05) is 113 Å². The molecule has 0 aliphatic carbocycles. The van der Waals surface area contributed by atoms with Crippen LogP contribution in [0, 0.1) is 13.8 Å². The molecule has 8 aromatic heterocycles. The maximum Gasteiger partial charge on any atom is 0.337 e. The Hall–Kier alpha value is -6.70. The highest BCUT2D eigenvalue weighted by Crippen LogP contribution is 2.30. The van der Waals surface area contributed by atoms with Gasteiger partial charge in [0.1, 0.15) is 12.2 Å². The Morgan fingerprint density at radius 3 is 1.75 bits per heavy atom. The van der Waals surface area contributed by atoms with E-state index in [0.717, 1.165) is 54.8 Å². The van der Waals surface area contributed by atoms with Crippen molar-refractivity contribution in [2.45, 2.75) is 77.7 Å². The predicted octanol–water partition coefficient (Wildman–Crippen LogP) is 7.09. The molecule has 0 aromatic carbocycles. The number of aromatic nitrogens is 10. The first-order valence-electron chi connectivity index (χ1n) is 20.5. The lowest BCUT2D eigenvalue weighted by atomic mass is 9.99. The average Bonchev–Trinajstić information content (AvgIpc) is 4.13. The van der Waals surface area contributed by atoms with Gasteiger partial charge in [0.25, 0.3) is 17.7 Å². The lowest BCUT2D eigenvalue weighted by molar-refractivity contribution is 0.0376. The number of ether oxygens (including phenoxy) is 2. The number of piperidine rings is 2. The van der Waals surface area contributed by atoms with E-state index in [1.807, 2.05) is 63.1 Å². The summed E-state index contributed by atoms with van der Waals surface area (Å²) in [7, 11) is 0. The molecular weight excluding hydrogens is 841 g/mol. The Bertz CT molecular complexity index is 2790. The minimum atomic E-state index is -0.950. The van der Waals surface area contributed by atoms with Gasteiger partial charge in [0.05, 0.1) is 29.1 Å². The van der Waals surface area contributed by atoms with Crippen molar-refractivity contribution < 1.29 is 24.2 Å². The summed E-state index contributed by atoms with van der Waals surface area (Å²) in [4.78, 5) is 60.4. The maximum atomic E-state index is 13.5. The molecule has 0 radical (unpaired) electrons. The highest BCUT2D eigenvalue weighted by Gasteiger charge is 2.33. The summed E-state index contributed by atoms with van der Waals surface area (Å²) < 4.78 is 16.1. The van der Waals surface area contributed by atoms with Crippen molar-refractivity contribution in [3.63, 3.8) is 0 Å². The summed E-state index contributed by atoms with van der Waals surface area (Å²) in [6.45, 7) is 9.56. The van der Waals surface area contributed by atoms with Gasteiger partial charge in [-0.05, 0) is 65.5 Å². The molecular formula is C44H46N12O5S2. The normalized spacial score (nSPS) is 18.5. The van der Waals surface area contributed by atoms with E-state index in [2.05, 4.69) is 59.0 Å². The van der Waals surface area contributed by atoms with Crippen LogP contribution in [-0.4, -0.2) is 108 Å². The van der Waals surface area contributed by atoms with Gasteiger partial charge in [-0.15, -0.1) is 0 Å². The summed E-state index contributed by atoms with van der Waals surface area (Å²) in [5, 5.41) is 19.4. The fraction of sp³-hybridized carbons (Fsp3) is 0.318. The SMILES string of the molecule is Cc1cn2ccnc(O[C@@H]3CC[C@@H](C)N(C(=O)c4cscc4-c4ncccn4)C3)c2n1.Cc1cn2ccnc(O[C@@H]3CC[C@@H](C)NC3)c2n1.O=C(O)c1cscc1-c1ncccn1. The van der Waals surface area contributed by atoms with Crippen LogP contribution in [0.2, 0.25) is 0 Å². The monoisotopic (exact) mass is 886 g/mol. The van der Waals surface area contributed by atoms with Crippen molar-refractivity contribution >= 4 is 45.8 Å². The molecule has 1 amide bonds. The van der Waals surface area contributed by atoms with E-state index >= 15 is 0 Å². The number of nitrogens with zero attached hydrogens (tertiary/aromatic N) is 11. The second kappa shape index (κ2) is 19.6. The molecule has 4 atom stereocenters. The fourth-order valence-corrected chi connectivity index (χ4v) is 8.95. The Labute approximate surface area is 370 Å². The van der Waals surface area contributed by atoms with Gasteiger partial charge in [-0.2, -0.15) is 22.7 Å². The summed E-state index contributed by atoms with van der Waals surface area (Å²) in [5.41, 5.74) is 5.59. The van der Waals surface area contributed by atoms with Crippen molar-refractivity contribution in [3.05, 3.63) is 118 Å². The molecule has 17 nitrogen and oxygen atoms in total. The smallest absolute Gasteiger partial charge is 0.337 e. The van der Waals surface area contributed by atoms with Crippen LogP contribution in [0.5, 0.6) is 11.8 Å². The number of fused-ring (bicyclic) bond motifs is 2. The maximum absolute atomic E-state index is 13.5. The van der Waals surface area contributed by atoms with Crippen molar-refractivity contribution in [1.82, 2.24) is 58.9 Å². The highest BCUT2D eigenvalue weighted by molar-refractivity contribution is 7.09. The number of carboxylic acid groups (broad SMARTS) is 1. The molecule has 63 heavy (non-hydrogen) atoms. The van der Waals surface area contributed by atoms with Crippen LogP contribution >= 0.6 is 22.7 Å². The quantitative estimate of drug-likeness (QED) is 0.157. The number of amides is 1. The number of aromatic carboxylic acids is 1. The number of rotatable bonds is 8. The first-order chi connectivity index (χ1) is 30.6. The van der Waals surface area contributed by atoms with Gasteiger partial charge >= 0.3 is 5.97 Å². The molecule has 2 aliphatic heterocycles. The van der Waals surface area contributed by atoms with E-state index in [1.165, 1.54) is 22.7 Å². The summed E-state index contributed by atoms with van der Waals surface area (Å²) in [6, 6.07) is 4.16. The van der Waals surface area contributed by atoms with Crippen molar-refractivity contribution in [2.24, 2.45) is 0 Å². The summed E-state index contributed by atoms with van der Waals surface area (Å²) in [5.74, 6) is 1.17. The Morgan fingerprint density at radius 1 is 0.683 bits per heavy atom. The van der Waals surface area contributed by atoms with E-state index in [0.29, 0.717) is 52.8 Å². The number of carbonyl (C=O) groups excluding carboxylic acids is 1. The molecule has 0 spiro atoms. The molecule has 8 aromatic rings. The van der Waals surface area contributed by atoms with Crippen LogP contribution in [-0.2, 0) is 0 Å². The van der Waals surface area contributed by atoms with Crippen LogP contribution in [0.15, 0.2) is 95.6 Å². The predicted molar refractivity (Wildman–Crippen MR) is 238 cm³/mol. The lowest BCUT2D eigenvalue weighted by Gasteiger charge is -2.37. The number of imidazole rings is 2. The van der Waals surface area contributed by atoms with Crippen molar-refractivity contribution in [2.75, 3.05) is 13.1 Å². The molecule has 2 N–H and O–H groups in total. The summed E-state index contributed by atoms with van der Waals surface area (Å²) in [6.07, 6.45) is 21.6. The minimum absolute atomic E-state index is 0.0210. The van der Waals surface area contributed by atoms with Gasteiger partial charge < -0.3 is 33.6 Å². The first kappa shape index (κ1) is 43.0. The van der Waals surface area contributed by atoms with Gasteiger partial charge in [0.2, 0.25) is 11.3 Å². The van der Waals surface area contributed by atoms with E-state index in [-0.39, 0.29) is 29.7 Å². The molecule has 2 saturated heterocycles. The molecule has 0 saturated carbocycles. The number of hydrogen-bond acceptors (Lipinski definition) is 15. The number of nitrogens with one attached hydrogen (secondary N) is 1. The number of aryl methyl sites for hydroxylation is 2. The third-order valence-electron chi connectivity index (χ3n) is 10.6. The first-order valence-corrected chi connectivity index (χ1v) is 22.4. The molecule has 324 valence electrons. The Morgan fingerprint density at radius 2 is 1.21 bits per heavy atom. The fourth-order valence-electron chi connectivity index (χ4n) is 7.35. The second-order valence-corrected chi connectivity index (χ2v) is 16.8. The van der Waals surface area contributed by atoms with E-state index in [1.54, 1.807) is 60.1 Å². The van der Waals surface area contributed by atoms with Gasteiger partial charge in [0.15, 0.2) is 11.6 Å². The average molecular weight is 887 g/mol. The van der Waals surface area contributed by atoms with E-state index in [4.69, 9.17) is 14.6 Å². The second-order valence-electron chi connectivity index (χ2n) is 15.3. The van der Waals surface area contributed by atoms with Gasteiger partial charge in [-0.3, -0.25) is 4.79 Å². The molecule has 10 rings (SSSR count). The zero-order valence-electron chi connectivity index (χ0n) is 35.1. The zero-order valence-corrected chi connectivity index (χ0v) is 36.7. The lowest BCUT2D eigenvalue weighted by Crippen LogP contribution is -2.49. The van der Waals surface area contributed by atoms with Crippen molar-refractivity contribution in [3.8, 4) is 34.5 Å². The van der Waals surface area contributed by atoms with Crippen LogP contribution in [0.25, 0.3) is 34.1 Å². The number of likely N-dealkylation sites (tertiary alicyclic amines) is 1. The minimum Gasteiger partial charge on any atom is -0.478 e. The zero-order chi connectivity index (χ0) is 43.9. The molecule has 19 heteroatoms. The van der Waals surface area contributed by atoms with Gasteiger partial charge in [-0.1, -0.05) is 0 Å². The van der Waals surface area contributed by atoms with Crippen LogP contribution in [0.3, 0.4) is 0 Å². The van der Waals surface area contributed by atoms with Crippen molar-refractivity contribution in [1.29, 1.82) is 0 Å². The molecule has 2 fully saturated rings. The molecule has 2 aliphatic rings. The standard InChI is InChI=1S/C22H22N6O2S.C13H18N4O.C9H6N2O2S/c1-14-10-27-9-8-25-21(20(27)26-14)30-16-5-4-15(2)28(11-16)22(29)18-13-31-12-17(18)19-23-6-3-7-24-19;1-9-3-4-11(7-15-9)18-13-12-16-10(2)8-17(12)6-5-14-13;12-9(13)7-5-14-4-6(7)8-10-2-1-3-11-8/h3,6-10,12-13,15-16H,4-5,11H2,1-2H3;5-6,8-9,11,15H,3-4,7H2,1-2H3;1-5H,(H,12,13)/t15-,16-;9-,11-;/m11./s1. The number of carboxylic acids is 1. The Balaban J connectivity index is 0.000000143. The largest absolute Gasteiger partial charge is 0.478 e. The summed E-state index contributed by atoms with van der Waals surface area (Å²) >= 11 is 2.81. The number of carbonyl (C=O) groups is 2. The third-order valence-corrected chi connectivity index (χ3v) is 12.1. The van der Waals surface area contributed by atoms with Crippen LogP contribution in [0.4, 0.5) is 0 Å². The Kier molecular flexibility index (Phi) is 13.3. The molecule has 0 unspecified atom stereocenters. The topological polar surface area (TPSA) is 200 Å². The van der Waals surface area contributed by atoms with E-state index in [9.17, 15) is 9.59 Å².